The summed E-state index contributed by atoms with van der Waals surface area (Å²) >= 11 is 0. The molecule has 224 valence electrons. The van der Waals surface area contributed by atoms with Crippen LogP contribution in [0.1, 0.15) is 62.9 Å². The number of methoxy groups -OCH3 is 1. The summed E-state index contributed by atoms with van der Waals surface area (Å²) in [4.78, 5) is 14.8. The van der Waals surface area contributed by atoms with Gasteiger partial charge in [-0.1, -0.05) is 0 Å². The predicted molar refractivity (Wildman–Crippen MR) is 156 cm³/mol. The van der Waals surface area contributed by atoms with Gasteiger partial charge in [0.1, 0.15) is 5.75 Å². The van der Waals surface area contributed by atoms with Crippen molar-refractivity contribution in [3.8, 4) is 17.2 Å². The fourth-order valence-corrected chi connectivity index (χ4v) is 3.97. The Balaban J connectivity index is 0.00000101. The van der Waals surface area contributed by atoms with E-state index in [0.29, 0.717) is 30.3 Å². The molecule has 0 fully saturated rings. The van der Waals surface area contributed by atoms with E-state index in [0.717, 1.165) is 30.6 Å². The summed E-state index contributed by atoms with van der Waals surface area (Å²) in [7, 11) is -2.34. The lowest BCUT2D eigenvalue weighted by molar-refractivity contribution is 0.0643. The Labute approximate surface area is 237 Å². The van der Waals surface area contributed by atoms with Crippen molar-refractivity contribution < 1.29 is 37.1 Å². The zero-order valence-corrected chi connectivity index (χ0v) is 24.8. The molecule has 0 aliphatic rings. The van der Waals surface area contributed by atoms with Gasteiger partial charge in [-0.15, -0.1) is 0 Å². The maximum absolute atomic E-state index is 12.9. The Bertz CT molecular complexity index is 1140. The molecule has 0 saturated heterocycles. The van der Waals surface area contributed by atoms with Gasteiger partial charge in [-0.05, 0) is 95.0 Å². The first-order chi connectivity index (χ1) is 18.9. The van der Waals surface area contributed by atoms with Gasteiger partial charge in [0.25, 0.3) is 16.0 Å². The van der Waals surface area contributed by atoms with Crippen molar-refractivity contribution in [1.82, 2.24) is 4.90 Å². The fourth-order valence-electron chi connectivity index (χ4n) is 3.74. The molecular formula is C28H43N3O8S. The summed E-state index contributed by atoms with van der Waals surface area (Å²) in [5, 5.41) is 11.4. The zero-order valence-electron chi connectivity index (χ0n) is 23.9. The van der Waals surface area contributed by atoms with Crippen LogP contribution in [0.4, 0.5) is 0 Å². The normalized spacial score (nSPS) is 11.3. The molecule has 0 heterocycles. The van der Waals surface area contributed by atoms with Crippen LogP contribution in [0.5, 0.6) is 17.2 Å². The monoisotopic (exact) mass is 581 g/mol. The molecule has 40 heavy (non-hydrogen) atoms. The zero-order chi connectivity index (χ0) is 30.1. The molecule has 1 amide bonds. The molecule has 0 aliphatic heterocycles. The van der Waals surface area contributed by atoms with E-state index in [9.17, 15) is 13.2 Å². The van der Waals surface area contributed by atoms with Crippen LogP contribution in [0, 0.1) is 0 Å². The van der Waals surface area contributed by atoms with Gasteiger partial charge in [-0.2, -0.15) is 13.5 Å². The minimum Gasteiger partial charge on any atom is -0.494 e. The maximum atomic E-state index is 12.9. The molecule has 0 atom stereocenters. The first-order valence-corrected chi connectivity index (χ1v) is 14.7. The molecule has 0 aliphatic carbocycles. The largest absolute Gasteiger partial charge is 0.494 e. The molecule has 4 N–H and O–H groups in total. The summed E-state index contributed by atoms with van der Waals surface area (Å²) in [6.07, 6.45) is 4.40. The lowest BCUT2D eigenvalue weighted by Crippen LogP contribution is -2.42. The number of ether oxygens (including phenoxy) is 3. The molecule has 11 nitrogen and oxygen atoms in total. The summed E-state index contributed by atoms with van der Waals surface area (Å²) in [5.41, 5.74) is 1.54. The number of hydrogen-bond donors (Lipinski definition) is 3. The third-order valence-electron chi connectivity index (χ3n) is 5.53. The Hall–Kier alpha value is -3.35. The van der Waals surface area contributed by atoms with Crippen LogP contribution < -0.4 is 20.1 Å². The topological polar surface area (TPSA) is 161 Å². The van der Waals surface area contributed by atoms with Crippen LogP contribution in [0.25, 0.3) is 0 Å². The number of nitrogens with zero attached hydrogens (tertiary/aromatic N) is 2. The minimum atomic E-state index is -3.92. The highest BCUT2D eigenvalue weighted by atomic mass is 32.2. The summed E-state index contributed by atoms with van der Waals surface area (Å²) in [5.74, 6) is 6.60. The summed E-state index contributed by atoms with van der Waals surface area (Å²) in [6, 6.07) is 13.2. The van der Waals surface area contributed by atoms with Gasteiger partial charge in [0.2, 0.25) is 0 Å². The van der Waals surface area contributed by atoms with Crippen molar-refractivity contribution in [2.24, 2.45) is 10.9 Å². The van der Waals surface area contributed by atoms with Crippen molar-refractivity contribution in [2.75, 3.05) is 32.7 Å². The molecule has 0 aromatic heterocycles. The van der Waals surface area contributed by atoms with Crippen LogP contribution >= 0.6 is 0 Å². The molecule has 0 bridgehead atoms. The number of carbonyl (C=O) groups excluding carboxylic acids is 1. The lowest BCUT2D eigenvalue weighted by Gasteiger charge is -2.31. The number of aliphatic hydroxyl groups is 1. The standard InChI is InChI=1S/C26H37N3O4.C2H6O4S/c1-19(2)29(20(3)4)26(30)22-11-14-24(25(17-22)31-5)33-16-8-6-7-15-32-23-12-9-21(10-13-23)18-28-27;3-1-2-7(4,5)6/h9-14,17-20H,6-8,15-16,27H2,1-5H3;3H,1-2H2,(H,4,5,6). The second kappa shape index (κ2) is 18.1. The molecule has 0 saturated carbocycles. The third-order valence-corrected chi connectivity index (χ3v) is 6.22. The average Bonchev–Trinajstić information content (AvgIpc) is 2.88. The molecular weight excluding hydrogens is 538 g/mol. The van der Waals surface area contributed by atoms with E-state index in [1.807, 2.05) is 62.9 Å². The fraction of sp³-hybridized carbons (Fsp3) is 0.500. The summed E-state index contributed by atoms with van der Waals surface area (Å²) in [6.45, 7) is 8.77. The van der Waals surface area contributed by atoms with Crippen molar-refractivity contribution in [3.63, 3.8) is 0 Å². The molecule has 12 heteroatoms. The van der Waals surface area contributed by atoms with E-state index < -0.39 is 22.5 Å². The molecule has 2 aromatic rings. The first-order valence-electron chi connectivity index (χ1n) is 13.1. The number of hydrazone groups is 1. The number of carbonyl (C=O) groups is 1. The van der Waals surface area contributed by atoms with E-state index in [-0.39, 0.29) is 18.0 Å². The SMILES string of the molecule is COc1cc(C(=O)N(C(C)C)C(C)C)ccc1OCCCCCOc1ccc(C=NN)cc1.O=S(=O)(O)CCO. The highest BCUT2D eigenvalue weighted by Crippen LogP contribution is 2.29. The van der Waals surface area contributed by atoms with Gasteiger partial charge < -0.3 is 30.1 Å². The Kier molecular flexibility index (Phi) is 15.7. The van der Waals surface area contributed by atoms with Crippen molar-refractivity contribution >= 4 is 22.2 Å². The number of aliphatic hydroxyl groups excluding tert-OH is 1. The van der Waals surface area contributed by atoms with Crippen LogP contribution in [-0.2, 0) is 10.1 Å². The van der Waals surface area contributed by atoms with E-state index in [1.54, 1.807) is 25.5 Å². The van der Waals surface area contributed by atoms with Gasteiger partial charge >= 0.3 is 0 Å². The van der Waals surface area contributed by atoms with E-state index >= 15 is 0 Å². The van der Waals surface area contributed by atoms with Gasteiger partial charge in [-0.3, -0.25) is 9.35 Å². The summed E-state index contributed by atoms with van der Waals surface area (Å²) < 4.78 is 44.2. The predicted octanol–water partition coefficient (Wildman–Crippen LogP) is 3.74. The van der Waals surface area contributed by atoms with Crippen molar-refractivity contribution in [1.29, 1.82) is 0 Å². The average molecular weight is 582 g/mol. The van der Waals surface area contributed by atoms with Gasteiger partial charge in [0.15, 0.2) is 11.5 Å². The molecule has 2 aromatic carbocycles. The Morgan fingerprint density at radius 1 is 0.975 bits per heavy atom. The second-order valence-electron chi connectivity index (χ2n) is 9.38. The number of rotatable bonds is 15. The van der Waals surface area contributed by atoms with Gasteiger partial charge in [0.05, 0.1) is 38.9 Å². The van der Waals surface area contributed by atoms with Gasteiger partial charge in [-0.25, -0.2) is 0 Å². The molecule has 2 rings (SSSR count). The van der Waals surface area contributed by atoms with E-state index in [1.165, 1.54) is 0 Å². The van der Waals surface area contributed by atoms with Gasteiger partial charge in [0, 0.05) is 17.6 Å². The van der Waals surface area contributed by atoms with Crippen LogP contribution in [0.15, 0.2) is 47.6 Å². The first kappa shape index (κ1) is 34.7. The van der Waals surface area contributed by atoms with Crippen LogP contribution in [-0.4, -0.2) is 79.9 Å². The number of hydrogen-bond acceptors (Lipinski definition) is 9. The Morgan fingerprint density at radius 2 is 1.57 bits per heavy atom. The smallest absolute Gasteiger partial charge is 0.267 e. The van der Waals surface area contributed by atoms with E-state index in [4.69, 9.17) is 29.7 Å². The maximum Gasteiger partial charge on any atom is 0.267 e. The number of benzene rings is 2. The second-order valence-corrected chi connectivity index (χ2v) is 11.0. The van der Waals surface area contributed by atoms with E-state index in [2.05, 4.69) is 5.10 Å². The van der Waals surface area contributed by atoms with Crippen molar-refractivity contribution in [3.05, 3.63) is 53.6 Å². The Morgan fingerprint density at radius 3 is 2.05 bits per heavy atom. The highest BCUT2D eigenvalue weighted by molar-refractivity contribution is 7.85. The minimum absolute atomic E-state index is 0.00741. The van der Waals surface area contributed by atoms with Crippen molar-refractivity contribution in [2.45, 2.75) is 59.0 Å². The number of amides is 1. The number of unbranched alkanes of at least 4 members (excludes halogenated alkanes) is 2. The molecule has 0 unspecified atom stereocenters. The quantitative estimate of drug-likeness (QED) is 0.0935. The molecule has 0 spiro atoms. The molecule has 0 radical (unpaired) electrons. The third kappa shape index (κ3) is 13.1. The lowest BCUT2D eigenvalue weighted by atomic mass is 10.1. The highest BCUT2D eigenvalue weighted by Gasteiger charge is 2.22. The number of nitrogens with two attached hydrogens (primary N) is 1. The van der Waals surface area contributed by atoms with Crippen LogP contribution in [0.2, 0.25) is 0 Å². The van der Waals surface area contributed by atoms with Crippen LogP contribution in [0.3, 0.4) is 0 Å².